The molecule has 0 spiro atoms. The first-order valence-electron chi connectivity index (χ1n) is 5.31. The minimum atomic E-state index is -0.314. The lowest BCUT2D eigenvalue weighted by Gasteiger charge is -2.23. The van der Waals surface area contributed by atoms with Crippen molar-refractivity contribution >= 4 is 11.8 Å². The fourth-order valence-electron chi connectivity index (χ4n) is 1.63. The van der Waals surface area contributed by atoms with E-state index in [-0.39, 0.29) is 6.10 Å². The summed E-state index contributed by atoms with van der Waals surface area (Å²) in [6.45, 7) is 1.35. The van der Waals surface area contributed by atoms with E-state index in [0.717, 1.165) is 13.0 Å². The molecule has 1 heterocycles. The van der Waals surface area contributed by atoms with Gasteiger partial charge in [0.05, 0.1) is 12.7 Å². The van der Waals surface area contributed by atoms with Crippen LogP contribution in [0, 0.1) is 0 Å². The highest BCUT2D eigenvalue weighted by Gasteiger charge is 2.13. The summed E-state index contributed by atoms with van der Waals surface area (Å²) >= 11 is 2.04. The molecule has 84 valence electrons. The van der Waals surface area contributed by atoms with E-state index in [1.54, 1.807) is 7.11 Å². The summed E-state index contributed by atoms with van der Waals surface area (Å²) in [6, 6.07) is 0.672. The van der Waals surface area contributed by atoms with Crippen molar-refractivity contribution in [3.8, 4) is 0 Å². The van der Waals surface area contributed by atoms with Gasteiger partial charge in [-0.2, -0.15) is 11.8 Å². The number of hydrogen-bond donors (Lipinski definition) is 2. The van der Waals surface area contributed by atoms with Crippen molar-refractivity contribution in [1.82, 2.24) is 5.32 Å². The number of ether oxygens (including phenoxy) is 1. The molecule has 0 radical (unpaired) electrons. The Morgan fingerprint density at radius 2 is 2.21 bits per heavy atom. The van der Waals surface area contributed by atoms with Gasteiger partial charge in [-0.3, -0.25) is 0 Å². The van der Waals surface area contributed by atoms with Gasteiger partial charge in [0.15, 0.2) is 0 Å². The van der Waals surface area contributed by atoms with Crippen LogP contribution in [-0.4, -0.2) is 49.0 Å². The van der Waals surface area contributed by atoms with Crippen molar-refractivity contribution in [3.05, 3.63) is 0 Å². The second kappa shape index (κ2) is 7.51. The molecule has 1 rings (SSSR count). The van der Waals surface area contributed by atoms with Crippen molar-refractivity contribution < 1.29 is 9.84 Å². The van der Waals surface area contributed by atoms with E-state index < -0.39 is 0 Å². The normalized spacial score (nSPS) is 21.0. The molecule has 0 bridgehead atoms. The molecule has 1 aliphatic heterocycles. The summed E-state index contributed by atoms with van der Waals surface area (Å²) in [5, 5.41) is 12.9. The van der Waals surface area contributed by atoms with Crippen LogP contribution in [0.1, 0.15) is 19.3 Å². The molecule has 1 aliphatic rings. The fraction of sp³-hybridized carbons (Fsp3) is 1.00. The molecule has 0 amide bonds. The summed E-state index contributed by atoms with van der Waals surface area (Å²) in [4.78, 5) is 0. The van der Waals surface area contributed by atoms with Gasteiger partial charge in [0.1, 0.15) is 0 Å². The average molecular weight is 219 g/mol. The third-order valence-corrected chi connectivity index (χ3v) is 3.54. The highest BCUT2D eigenvalue weighted by Crippen LogP contribution is 2.16. The molecule has 1 unspecified atom stereocenters. The Bertz CT molecular complexity index is 140. The second-order valence-electron chi connectivity index (χ2n) is 3.74. The van der Waals surface area contributed by atoms with Crippen molar-refractivity contribution in [2.75, 3.05) is 31.8 Å². The smallest absolute Gasteiger partial charge is 0.0785 e. The first-order valence-corrected chi connectivity index (χ1v) is 6.46. The van der Waals surface area contributed by atoms with Crippen molar-refractivity contribution in [2.45, 2.75) is 31.4 Å². The summed E-state index contributed by atoms with van der Waals surface area (Å²) in [5.74, 6) is 2.55. The maximum Gasteiger partial charge on any atom is 0.0785 e. The predicted molar refractivity (Wildman–Crippen MR) is 60.8 cm³/mol. The summed E-state index contributed by atoms with van der Waals surface area (Å²) in [5.41, 5.74) is 0. The molecule has 0 aromatic heterocycles. The molecule has 1 saturated heterocycles. The van der Waals surface area contributed by atoms with Crippen LogP contribution in [0.4, 0.5) is 0 Å². The molecular formula is C10H21NO2S. The van der Waals surface area contributed by atoms with Gasteiger partial charge in [0.25, 0.3) is 0 Å². The van der Waals surface area contributed by atoms with E-state index in [2.05, 4.69) is 5.32 Å². The van der Waals surface area contributed by atoms with Crippen LogP contribution < -0.4 is 5.32 Å². The molecule has 1 atom stereocenters. The third kappa shape index (κ3) is 5.20. The summed E-state index contributed by atoms with van der Waals surface area (Å²) in [7, 11) is 1.62. The topological polar surface area (TPSA) is 41.5 Å². The van der Waals surface area contributed by atoms with Gasteiger partial charge in [0, 0.05) is 13.2 Å². The van der Waals surface area contributed by atoms with Gasteiger partial charge in [-0.05, 0) is 37.3 Å². The van der Waals surface area contributed by atoms with Crippen LogP contribution in [-0.2, 0) is 4.74 Å². The highest BCUT2D eigenvalue weighted by molar-refractivity contribution is 7.99. The lowest BCUT2D eigenvalue weighted by molar-refractivity contribution is 0.0589. The van der Waals surface area contributed by atoms with Crippen LogP contribution in [0.25, 0.3) is 0 Å². The van der Waals surface area contributed by atoms with Gasteiger partial charge >= 0.3 is 0 Å². The van der Waals surface area contributed by atoms with Crippen molar-refractivity contribution in [3.63, 3.8) is 0 Å². The highest BCUT2D eigenvalue weighted by atomic mass is 32.2. The van der Waals surface area contributed by atoms with E-state index in [9.17, 15) is 5.11 Å². The van der Waals surface area contributed by atoms with Crippen LogP contribution >= 0.6 is 11.8 Å². The van der Waals surface area contributed by atoms with Gasteiger partial charge in [-0.1, -0.05) is 0 Å². The molecule has 14 heavy (non-hydrogen) atoms. The average Bonchev–Trinajstić information content (AvgIpc) is 2.20. The Balaban J connectivity index is 1.96. The number of aliphatic hydroxyl groups is 1. The molecule has 2 N–H and O–H groups in total. The van der Waals surface area contributed by atoms with Crippen LogP contribution in [0.15, 0.2) is 0 Å². The van der Waals surface area contributed by atoms with Gasteiger partial charge in [0.2, 0.25) is 0 Å². The Labute approximate surface area is 90.6 Å². The molecule has 0 aliphatic carbocycles. The number of rotatable bonds is 6. The first-order chi connectivity index (χ1) is 6.83. The molecule has 1 fully saturated rings. The molecular weight excluding hydrogens is 198 g/mol. The Morgan fingerprint density at radius 1 is 1.50 bits per heavy atom. The lowest BCUT2D eigenvalue weighted by Crippen LogP contribution is -2.35. The zero-order chi connectivity index (χ0) is 10.2. The maximum absolute atomic E-state index is 9.41. The standard InChI is InChI=1S/C10H21NO2S/c1-13-8-10(12)2-5-11-9-3-6-14-7-4-9/h9-12H,2-8H2,1H3. The monoisotopic (exact) mass is 219 g/mol. The zero-order valence-electron chi connectivity index (χ0n) is 8.87. The summed E-state index contributed by atoms with van der Waals surface area (Å²) < 4.78 is 4.87. The van der Waals surface area contributed by atoms with Crippen molar-refractivity contribution in [1.29, 1.82) is 0 Å². The lowest BCUT2D eigenvalue weighted by atomic mass is 10.1. The molecule has 3 nitrogen and oxygen atoms in total. The van der Waals surface area contributed by atoms with E-state index in [0.29, 0.717) is 12.6 Å². The third-order valence-electron chi connectivity index (χ3n) is 2.49. The number of nitrogens with one attached hydrogen (secondary N) is 1. The summed E-state index contributed by atoms with van der Waals surface area (Å²) in [6.07, 6.45) is 3.01. The van der Waals surface area contributed by atoms with E-state index in [1.165, 1.54) is 24.3 Å². The minimum absolute atomic E-state index is 0.314. The van der Waals surface area contributed by atoms with E-state index in [1.807, 2.05) is 11.8 Å². The molecule has 4 heteroatoms. The van der Waals surface area contributed by atoms with Crippen LogP contribution in [0.2, 0.25) is 0 Å². The van der Waals surface area contributed by atoms with Gasteiger partial charge in [-0.15, -0.1) is 0 Å². The van der Waals surface area contributed by atoms with E-state index >= 15 is 0 Å². The molecule has 0 saturated carbocycles. The predicted octanol–water partition coefficient (Wildman–Crippen LogP) is 0.869. The van der Waals surface area contributed by atoms with Crippen LogP contribution in [0.3, 0.4) is 0 Å². The second-order valence-corrected chi connectivity index (χ2v) is 4.96. The Kier molecular flexibility index (Phi) is 6.60. The first kappa shape index (κ1) is 12.3. The maximum atomic E-state index is 9.41. The van der Waals surface area contributed by atoms with E-state index in [4.69, 9.17) is 4.74 Å². The molecule has 0 aromatic rings. The van der Waals surface area contributed by atoms with Crippen LogP contribution in [0.5, 0.6) is 0 Å². The number of aliphatic hydroxyl groups excluding tert-OH is 1. The fourth-order valence-corrected chi connectivity index (χ4v) is 2.74. The minimum Gasteiger partial charge on any atom is -0.391 e. The Hall–Kier alpha value is 0.230. The number of thioether (sulfide) groups is 1. The van der Waals surface area contributed by atoms with Gasteiger partial charge < -0.3 is 15.2 Å². The van der Waals surface area contributed by atoms with Crippen molar-refractivity contribution in [2.24, 2.45) is 0 Å². The zero-order valence-corrected chi connectivity index (χ0v) is 9.68. The Morgan fingerprint density at radius 3 is 2.86 bits per heavy atom. The number of methoxy groups -OCH3 is 1. The SMILES string of the molecule is COCC(O)CCNC1CCSCC1. The molecule has 0 aromatic carbocycles. The number of hydrogen-bond acceptors (Lipinski definition) is 4. The quantitative estimate of drug-likeness (QED) is 0.695. The largest absolute Gasteiger partial charge is 0.391 e. The van der Waals surface area contributed by atoms with Gasteiger partial charge in [-0.25, -0.2) is 0 Å².